The van der Waals surface area contributed by atoms with Crippen LogP contribution in [0, 0.1) is 5.92 Å². The van der Waals surface area contributed by atoms with E-state index >= 15 is 0 Å². The average molecular weight is 354 g/mol. The number of esters is 1. The van der Waals surface area contributed by atoms with E-state index in [1.54, 1.807) is 0 Å². The Morgan fingerprint density at radius 1 is 1.20 bits per heavy atom. The lowest BCUT2D eigenvalue weighted by molar-refractivity contribution is 0.0527. The van der Waals surface area contributed by atoms with Crippen molar-refractivity contribution in [3.63, 3.8) is 0 Å². The van der Waals surface area contributed by atoms with Crippen LogP contribution in [0.2, 0.25) is 5.02 Å². The molecule has 3 nitrogen and oxygen atoms in total. The Balaban J connectivity index is 1.82. The summed E-state index contributed by atoms with van der Waals surface area (Å²) in [5.74, 6) is 0.391. The summed E-state index contributed by atoms with van der Waals surface area (Å²) >= 11 is 6.48. The highest BCUT2D eigenvalue weighted by Crippen LogP contribution is 2.51. The molecule has 0 saturated heterocycles. The lowest BCUT2D eigenvalue weighted by Crippen LogP contribution is -2.30. The standard InChI is InChI=1S/C21H20ClNO2/c1-2-25-21(24)17-11-6-10-15-13-8-5-9-14(13)19(23-20(15)17)16-7-3-4-12-18(16)22/h3-8,10-14,19,23H,2,9H2,1H3/t13-,14-,19+/m1/s1. The lowest BCUT2D eigenvalue weighted by Gasteiger charge is -2.38. The van der Waals surface area contributed by atoms with Crippen LogP contribution in [0.3, 0.4) is 0 Å². The Kier molecular flexibility index (Phi) is 4.26. The lowest BCUT2D eigenvalue weighted by atomic mass is 9.76. The molecule has 128 valence electrons. The van der Waals surface area contributed by atoms with Crippen LogP contribution in [0.4, 0.5) is 5.69 Å². The van der Waals surface area contributed by atoms with E-state index in [0.717, 1.165) is 28.3 Å². The fourth-order valence-electron chi connectivity index (χ4n) is 4.04. The predicted molar refractivity (Wildman–Crippen MR) is 100 cm³/mol. The summed E-state index contributed by atoms with van der Waals surface area (Å²) in [5, 5.41) is 4.36. The van der Waals surface area contributed by atoms with Gasteiger partial charge in [0.1, 0.15) is 0 Å². The summed E-state index contributed by atoms with van der Waals surface area (Å²) in [6, 6.07) is 13.9. The average Bonchev–Trinajstić information content (AvgIpc) is 3.11. The van der Waals surface area contributed by atoms with Gasteiger partial charge in [-0.25, -0.2) is 4.79 Å². The second-order valence-electron chi connectivity index (χ2n) is 6.49. The number of carbonyl (C=O) groups excluding carboxylic acids is 1. The zero-order valence-electron chi connectivity index (χ0n) is 14.0. The van der Waals surface area contributed by atoms with Gasteiger partial charge in [0.2, 0.25) is 0 Å². The maximum Gasteiger partial charge on any atom is 0.340 e. The molecule has 0 amide bonds. The van der Waals surface area contributed by atoms with Gasteiger partial charge < -0.3 is 10.1 Å². The Morgan fingerprint density at radius 3 is 2.80 bits per heavy atom. The number of para-hydroxylation sites is 1. The Labute approximate surface area is 152 Å². The molecule has 0 radical (unpaired) electrons. The summed E-state index contributed by atoms with van der Waals surface area (Å²) in [4.78, 5) is 12.4. The summed E-state index contributed by atoms with van der Waals surface area (Å²) in [5.41, 5.74) is 3.70. The number of ether oxygens (including phenoxy) is 1. The van der Waals surface area contributed by atoms with E-state index < -0.39 is 0 Å². The van der Waals surface area contributed by atoms with Crippen molar-refractivity contribution < 1.29 is 9.53 Å². The number of rotatable bonds is 3. The molecule has 0 unspecified atom stereocenters. The number of benzene rings is 2. The van der Waals surface area contributed by atoms with Crippen LogP contribution in [-0.2, 0) is 4.74 Å². The second kappa shape index (κ2) is 6.57. The molecule has 2 aromatic rings. The van der Waals surface area contributed by atoms with E-state index in [-0.39, 0.29) is 17.9 Å². The topological polar surface area (TPSA) is 38.3 Å². The molecule has 0 fully saturated rings. The minimum atomic E-state index is -0.287. The van der Waals surface area contributed by atoms with Crippen molar-refractivity contribution in [2.45, 2.75) is 25.3 Å². The van der Waals surface area contributed by atoms with E-state index in [0.29, 0.717) is 18.1 Å². The third kappa shape index (κ3) is 2.73. The number of hydrogen-bond acceptors (Lipinski definition) is 3. The molecule has 2 aliphatic rings. The molecule has 0 saturated carbocycles. The maximum atomic E-state index is 12.4. The molecule has 1 aliphatic carbocycles. The van der Waals surface area contributed by atoms with Gasteiger partial charge in [-0.3, -0.25) is 0 Å². The van der Waals surface area contributed by atoms with E-state index in [9.17, 15) is 4.79 Å². The molecular weight excluding hydrogens is 334 g/mol. The number of carbonyl (C=O) groups is 1. The van der Waals surface area contributed by atoms with E-state index in [4.69, 9.17) is 16.3 Å². The highest BCUT2D eigenvalue weighted by Gasteiger charge is 2.39. The van der Waals surface area contributed by atoms with Gasteiger partial charge in [0.25, 0.3) is 0 Å². The molecular formula is C21H20ClNO2. The molecule has 0 spiro atoms. The van der Waals surface area contributed by atoms with E-state index in [1.165, 1.54) is 0 Å². The third-order valence-electron chi connectivity index (χ3n) is 5.13. The van der Waals surface area contributed by atoms with Gasteiger partial charge in [-0.2, -0.15) is 0 Å². The van der Waals surface area contributed by atoms with Crippen LogP contribution in [-0.4, -0.2) is 12.6 Å². The number of anilines is 1. The van der Waals surface area contributed by atoms with Gasteiger partial charge in [0, 0.05) is 10.9 Å². The van der Waals surface area contributed by atoms with Crippen molar-refractivity contribution in [2.24, 2.45) is 5.92 Å². The summed E-state index contributed by atoms with van der Waals surface area (Å²) < 4.78 is 5.25. The van der Waals surface area contributed by atoms with Crippen LogP contribution < -0.4 is 5.32 Å². The molecule has 0 bridgehead atoms. The summed E-state index contributed by atoms with van der Waals surface area (Å²) in [7, 11) is 0. The van der Waals surface area contributed by atoms with Crippen LogP contribution in [0.15, 0.2) is 54.6 Å². The van der Waals surface area contributed by atoms with Crippen LogP contribution in [0.1, 0.15) is 46.8 Å². The van der Waals surface area contributed by atoms with Crippen molar-refractivity contribution in [2.75, 3.05) is 11.9 Å². The monoisotopic (exact) mass is 353 g/mol. The molecule has 1 aliphatic heterocycles. The zero-order chi connectivity index (χ0) is 17.4. The van der Waals surface area contributed by atoms with Crippen molar-refractivity contribution in [3.05, 3.63) is 76.3 Å². The Hall–Kier alpha value is -2.26. The fraction of sp³-hybridized carbons (Fsp3) is 0.286. The van der Waals surface area contributed by atoms with Gasteiger partial charge in [-0.15, -0.1) is 0 Å². The normalized spacial score (nSPS) is 23.5. The molecule has 4 heteroatoms. The predicted octanol–water partition coefficient (Wildman–Crippen LogP) is 5.34. The van der Waals surface area contributed by atoms with Gasteiger partial charge in [0.15, 0.2) is 0 Å². The first kappa shape index (κ1) is 16.2. The number of fused-ring (bicyclic) bond motifs is 3. The maximum absolute atomic E-state index is 12.4. The van der Waals surface area contributed by atoms with Crippen LogP contribution in [0.5, 0.6) is 0 Å². The van der Waals surface area contributed by atoms with Crippen molar-refractivity contribution in [3.8, 4) is 0 Å². The third-order valence-corrected chi connectivity index (χ3v) is 5.48. The molecule has 1 heterocycles. The van der Waals surface area contributed by atoms with Gasteiger partial charge in [-0.05, 0) is 42.5 Å². The molecule has 4 rings (SSSR count). The molecule has 0 aromatic heterocycles. The van der Waals surface area contributed by atoms with Gasteiger partial charge >= 0.3 is 5.97 Å². The number of nitrogens with one attached hydrogen (secondary N) is 1. The first-order chi connectivity index (χ1) is 12.2. The van der Waals surface area contributed by atoms with Crippen molar-refractivity contribution >= 4 is 23.3 Å². The van der Waals surface area contributed by atoms with Gasteiger partial charge in [-0.1, -0.05) is 54.1 Å². The van der Waals surface area contributed by atoms with Crippen molar-refractivity contribution in [1.82, 2.24) is 0 Å². The van der Waals surface area contributed by atoms with E-state index in [2.05, 4.69) is 29.6 Å². The largest absolute Gasteiger partial charge is 0.462 e. The smallest absolute Gasteiger partial charge is 0.340 e. The molecule has 2 aromatic carbocycles. The van der Waals surface area contributed by atoms with Crippen LogP contribution >= 0.6 is 11.6 Å². The Bertz CT molecular complexity index is 846. The molecule has 1 N–H and O–H groups in total. The minimum Gasteiger partial charge on any atom is -0.462 e. The highest BCUT2D eigenvalue weighted by atomic mass is 35.5. The second-order valence-corrected chi connectivity index (χ2v) is 6.89. The van der Waals surface area contributed by atoms with Crippen LogP contribution in [0.25, 0.3) is 0 Å². The SMILES string of the molecule is CCOC(=O)c1cccc2c1N[C@H](c1ccccc1Cl)[C@@H]1CC=C[C@@H]21. The zero-order valence-corrected chi connectivity index (χ0v) is 14.8. The number of allylic oxidation sites excluding steroid dienone is 2. The highest BCUT2D eigenvalue weighted by molar-refractivity contribution is 6.31. The van der Waals surface area contributed by atoms with Gasteiger partial charge in [0.05, 0.1) is 23.9 Å². The van der Waals surface area contributed by atoms with E-state index in [1.807, 2.05) is 37.3 Å². The summed E-state index contributed by atoms with van der Waals surface area (Å²) in [6.07, 6.45) is 5.48. The first-order valence-corrected chi connectivity index (χ1v) is 9.06. The quantitative estimate of drug-likeness (QED) is 0.597. The summed E-state index contributed by atoms with van der Waals surface area (Å²) in [6.45, 7) is 2.19. The fourth-order valence-corrected chi connectivity index (χ4v) is 4.29. The van der Waals surface area contributed by atoms with Crippen molar-refractivity contribution in [1.29, 1.82) is 0 Å². The molecule has 3 atom stereocenters. The Morgan fingerprint density at radius 2 is 2.00 bits per heavy atom. The number of halogens is 1. The first-order valence-electron chi connectivity index (χ1n) is 8.68. The minimum absolute atomic E-state index is 0.0665. The molecule has 25 heavy (non-hydrogen) atoms. The number of hydrogen-bond donors (Lipinski definition) is 1.